The number of benzene rings is 4. The van der Waals surface area contributed by atoms with E-state index in [-0.39, 0.29) is 11.5 Å². The Hall–Kier alpha value is -2.97. The maximum absolute atomic E-state index is 14.2. The molecule has 8 heteroatoms. The highest BCUT2D eigenvalue weighted by molar-refractivity contribution is 7.89. The van der Waals surface area contributed by atoms with Crippen molar-refractivity contribution in [1.82, 2.24) is 5.32 Å². The molecule has 0 aliphatic carbocycles. The lowest BCUT2D eigenvalue weighted by Gasteiger charge is -2.16. The van der Waals surface area contributed by atoms with E-state index in [1.807, 2.05) is 36.4 Å². The molecule has 0 heterocycles. The molecule has 0 aromatic heterocycles. The van der Waals surface area contributed by atoms with Crippen molar-refractivity contribution in [2.24, 2.45) is 5.14 Å². The van der Waals surface area contributed by atoms with E-state index < -0.39 is 15.8 Å². The van der Waals surface area contributed by atoms with Crippen LogP contribution < -0.4 is 15.2 Å². The topological polar surface area (TPSA) is 81.4 Å². The molecule has 0 unspecified atom stereocenters. The molecular weight excluding hydrogens is 475 g/mol. The van der Waals surface area contributed by atoms with Crippen LogP contribution in [0.15, 0.2) is 83.8 Å². The second-order valence-corrected chi connectivity index (χ2v) is 9.84. The van der Waals surface area contributed by atoms with Gasteiger partial charge in [-0.25, -0.2) is 17.9 Å². The first kappa shape index (κ1) is 24.2. The Labute approximate surface area is 203 Å². The zero-order valence-corrected chi connectivity index (χ0v) is 19.9. The van der Waals surface area contributed by atoms with Crippen LogP contribution in [0.1, 0.15) is 16.7 Å². The smallest absolute Gasteiger partial charge is 0.238 e. The van der Waals surface area contributed by atoms with Crippen molar-refractivity contribution in [3.05, 3.63) is 106 Å². The standard InChI is InChI=1S/C26H24ClFN2O3S/c27-24-6-3-7-25(28)23(24)17-33-26-13-10-19-4-1-2-5-21(19)22(26)16-30-15-14-18-8-11-20(12-9-18)34(29,31)32/h1-13,30H,14-17H2,(H2,29,31,32). The largest absolute Gasteiger partial charge is 0.488 e. The summed E-state index contributed by atoms with van der Waals surface area (Å²) in [6.07, 6.45) is 0.705. The Kier molecular flexibility index (Phi) is 7.48. The summed E-state index contributed by atoms with van der Waals surface area (Å²) < 4.78 is 43.0. The second kappa shape index (κ2) is 10.5. The van der Waals surface area contributed by atoms with Crippen LogP contribution in [0.5, 0.6) is 5.75 Å². The predicted octanol–water partition coefficient (Wildman–Crippen LogP) is 5.19. The van der Waals surface area contributed by atoms with Gasteiger partial charge in [0.25, 0.3) is 0 Å². The van der Waals surface area contributed by atoms with Gasteiger partial charge in [-0.1, -0.05) is 60.1 Å². The summed E-state index contributed by atoms with van der Waals surface area (Å²) >= 11 is 6.15. The van der Waals surface area contributed by atoms with Crippen LogP contribution in [0.25, 0.3) is 10.8 Å². The Morgan fingerprint density at radius 2 is 1.68 bits per heavy atom. The summed E-state index contributed by atoms with van der Waals surface area (Å²) in [6, 6.07) is 23.0. The quantitative estimate of drug-likeness (QED) is 0.311. The molecule has 0 saturated heterocycles. The fraction of sp³-hybridized carbons (Fsp3) is 0.154. The van der Waals surface area contributed by atoms with Crippen LogP contribution in [-0.2, 0) is 29.6 Å². The highest BCUT2D eigenvalue weighted by Crippen LogP contribution is 2.30. The molecule has 0 radical (unpaired) electrons. The van der Waals surface area contributed by atoms with E-state index in [9.17, 15) is 12.8 Å². The first-order valence-corrected chi connectivity index (χ1v) is 12.6. The van der Waals surface area contributed by atoms with E-state index in [4.69, 9.17) is 21.5 Å². The fourth-order valence-corrected chi connectivity index (χ4v) is 4.48. The maximum Gasteiger partial charge on any atom is 0.238 e. The van der Waals surface area contributed by atoms with E-state index in [1.54, 1.807) is 24.3 Å². The monoisotopic (exact) mass is 498 g/mol. The lowest BCUT2D eigenvalue weighted by Crippen LogP contribution is -2.18. The zero-order valence-electron chi connectivity index (χ0n) is 18.3. The van der Waals surface area contributed by atoms with Crippen LogP contribution in [0, 0.1) is 5.82 Å². The van der Waals surface area contributed by atoms with Gasteiger partial charge in [0.15, 0.2) is 0 Å². The molecule has 0 aliphatic rings. The number of hydrogen-bond acceptors (Lipinski definition) is 4. The molecule has 0 bridgehead atoms. The molecule has 4 aromatic carbocycles. The van der Waals surface area contributed by atoms with Crippen molar-refractivity contribution in [2.45, 2.75) is 24.5 Å². The van der Waals surface area contributed by atoms with Crippen LogP contribution in [0.2, 0.25) is 5.02 Å². The van der Waals surface area contributed by atoms with Gasteiger partial charge in [-0.15, -0.1) is 0 Å². The summed E-state index contributed by atoms with van der Waals surface area (Å²) in [6.45, 7) is 1.22. The molecule has 0 fully saturated rings. The minimum Gasteiger partial charge on any atom is -0.488 e. The molecule has 0 saturated carbocycles. The van der Waals surface area contributed by atoms with Crippen molar-refractivity contribution >= 4 is 32.4 Å². The van der Waals surface area contributed by atoms with Gasteiger partial charge in [0, 0.05) is 17.7 Å². The summed E-state index contributed by atoms with van der Waals surface area (Å²) in [5.41, 5.74) is 2.28. The van der Waals surface area contributed by atoms with Crippen molar-refractivity contribution in [2.75, 3.05) is 6.54 Å². The number of nitrogens with two attached hydrogens (primary N) is 1. The van der Waals surface area contributed by atoms with Gasteiger partial charge in [-0.05, 0) is 59.6 Å². The van der Waals surface area contributed by atoms with Crippen LogP contribution >= 0.6 is 11.6 Å². The van der Waals surface area contributed by atoms with Crippen molar-refractivity contribution < 1.29 is 17.5 Å². The van der Waals surface area contributed by atoms with E-state index in [1.165, 1.54) is 18.2 Å². The molecule has 0 amide bonds. The number of ether oxygens (including phenoxy) is 1. The van der Waals surface area contributed by atoms with E-state index in [0.29, 0.717) is 35.8 Å². The number of nitrogens with one attached hydrogen (secondary N) is 1. The number of halogens is 2. The predicted molar refractivity (Wildman–Crippen MR) is 133 cm³/mol. The average molecular weight is 499 g/mol. The average Bonchev–Trinajstić information content (AvgIpc) is 2.82. The maximum atomic E-state index is 14.2. The molecule has 4 aromatic rings. The third-order valence-electron chi connectivity index (χ3n) is 5.58. The Morgan fingerprint density at radius 1 is 0.912 bits per heavy atom. The van der Waals surface area contributed by atoms with Crippen molar-refractivity contribution in [3.63, 3.8) is 0 Å². The third kappa shape index (κ3) is 5.74. The number of primary sulfonamides is 1. The first-order valence-electron chi connectivity index (χ1n) is 10.7. The molecule has 0 aliphatic heterocycles. The molecule has 5 nitrogen and oxygen atoms in total. The lowest BCUT2D eigenvalue weighted by molar-refractivity contribution is 0.296. The van der Waals surface area contributed by atoms with E-state index in [2.05, 4.69) is 5.32 Å². The summed E-state index contributed by atoms with van der Waals surface area (Å²) in [7, 11) is -3.70. The van der Waals surface area contributed by atoms with Gasteiger partial charge in [-0.2, -0.15) is 0 Å². The molecular formula is C26H24ClFN2O3S. The molecule has 3 N–H and O–H groups in total. The molecule has 176 valence electrons. The minimum atomic E-state index is -3.70. The number of fused-ring (bicyclic) bond motifs is 1. The number of hydrogen-bond donors (Lipinski definition) is 2. The van der Waals surface area contributed by atoms with Gasteiger partial charge >= 0.3 is 0 Å². The Bertz CT molecular complexity index is 1390. The highest BCUT2D eigenvalue weighted by atomic mass is 35.5. The summed E-state index contributed by atoms with van der Waals surface area (Å²) in [5.74, 6) is 0.254. The Morgan fingerprint density at radius 3 is 2.41 bits per heavy atom. The van der Waals surface area contributed by atoms with Gasteiger partial charge in [0.05, 0.1) is 9.92 Å². The van der Waals surface area contributed by atoms with E-state index >= 15 is 0 Å². The van der Waals surface area contributed by atoms with Gasteiger partial charge in [0.1, 0.15) is 18.2 Å². The molecule has 0 spiro atoms. The SMILES string of the molecule is NS(=O)(=O)c1ccc(CCNCc2c(OCc3c(F)cccc3Cl)ccc3ccccc23)cc1. The molecule has 0 atom stereocenters. The second-order valence-electron chi connectivity index (χ2n) is 7.87. The number of sulfonamides is 1. The van der Waals surface area contributed by atoms with E-state index in [0.717, 1.165) is 21.9 Å². The van der Waals surface area contributed by atoms with Crippen molar-refractivity contribution in [1.29, 1.82) is 0 Å². The van der Waals surface area contributed by atoms with Crippen LogP contribution in [0.3, 0.4) is 0 Å². The normalized spacial score (nSPS) is 11.6. The molecule has 4 rings (SSSR count). The third-order valence-corrected chi connectivity index (χ3v) is 6.86. The first-order chi connectivity index (χ1) is 16.3. The number of rotatable bonds is 9. The van der Waals surface area contributed by atoms with Crippen LogP contribution in [0.4, 0.5) is 4.39 Å². The zero-order chi connectivity index (χ0) is 24.1. The molecule has 34 heavy (non-hydrogen) atoms. The van der Waals surface area contributed by atoms with Gasteiger partial charge in [-0.3, -0.25) is 0 Å². The Balaban J connectivity index is 1.47. The minimum absolute atomic E-state index is 0.0211. The summed E-state index contributed by atoms with van der Waals surface area (Å²) in [4.78, 5) is 0.0942. The highest BCUT2D eigenvalue weighted by Gasteiger charge is 2.12. The van der Waals surface area contributed by atoms with Gasteiger partial charge in [0.2, 0.25) is 10.0 Å². The summed E-state index contributed by atoms with van der Waals surface area (Å²) in [5, 5.41) is 11.0. The van der Waals surface area contributed by atoms with Crippen LogP contribution in [-0.4, -0.2) is 15.0 Å². The lowest BCUT2D eigenvalue weighted by atomic mass is 10.0. The van der Waals surface area contributed by atoms with Crippen molar-refractivity contribution in [3.8, 4) is 5.75 Å². The fourth-order valence-electron chi connectivity index (χ4n) is 3.75. The van der Waals surface area contributed by atoms with Gasteiger partial charge < -0.3 is 10.1 Å².